The lowest BCUT2D eigenvalue weighted by molar-refractivity contribution is -0.166. The zero-order chi connectivity index (χ0) is 32.6. The van der Waals surface area contributed by atoms with Crippen LogP contribution in [0, 0.1) is 0 Å². The van der Waals surface area contributed by atoms with E-state index in [-0.39, 0.29) is 16.9 Å². The van der Waals surface area contributed by atoms with Gasteiger partial charge < -0.3 is 23.7 Å². The summed E-state index contributed by atoms with van der Waals surface area (Å²) in [6.07, 6.45) is -2.80. The number of ether oxygens (including phenoxy) is 5. The lowest BCUT2D eigenvalue weighted by Crippen LogP contribution is -2.40. The zero-order valence-corrected chi connectivity index (χ0v) is 22.7. The molecule has 2 aromatic carbocycles. The third kappa shape index (κ3) is 6.67. The van der Waals surface area contributed by atoms with Crippen LogP contribution >= 0.6 is 0 Å². The van der Waals surface area contributed by atoms with E-state index in [9.17, 15) is 19.2 Å². The molecule has 1 fully saturated rings. The molecule has 2 aromatic heterocycles. The minimum absolute atomic E-state index is 0.0301. The van der Waals surface area contributed by atoms with Crippen molar-refractivity contribution < 1.29 is 47.0 Å². The van der Waals surface area contributed by atoms with Crippen LogP contribution in [0.1, 0.15) is 52.7 Å². The van der Waals surface area contributed by atoms with E-state index < -0.39 is 75.5 Å². The smallest absolute Gasteiger partial charge is 0.303 e. The molecular weight excluding hydrogens is 560 g/mol. The summed E-state index contributed by atoms with van der Waals surface area (Å²) < 4.78 is 50.9. The van der Waals surface area contributed by atoms with Gasteiger partial charge in [0.2, 0.25) is 5.78 Å². The molecule has 0 amide bonds. The second-order valence-electron chi connectivity index (χ2n) is 9.33. The second-order valence-corrected chi connectivity index (χ2v) is 9.33. The highest BCUT2D eigenvalue weighted by molar-refractivity contribution is 6.13. The molecule has 13 nitrogen and oxygen atoms in total. The summed E-state index contributed by atoms with van der Waals surface area (Å²) in [7, 11) is 0. The van der Waals surface area contributed by atoms with Crippen molar-refractivity contribution in [1.29, 1.82) is 0 Å². The summed E-state index contributed by atoms with van der Waals surface area (Å²) >= 11 is 0. The Bertz CT molecular complexity index is 1710. The lowest BCUT2D eigenvalue weighted by atomic mass is 10.1. The monoisotopic (exact) mass is 591 g/mol. The van der Waals surface area contributed by atoms with E-state index in [4.69, 9.17) is 27.8 Å². The van der Waals surface area contributed by atoms with Crippen LogP contribution < -0.4 is 4.74 Å². The van der Waals surface area contributed by atoms with Gasteiger partial charge in [0.05, 0.1) is 6.33 Å². The number of carbonyl (C=O) groups excluding carboxylic acids is 4. The molecule has 0 saturated carbocycles. The van der Waals surface area contributed by atoms with Gasteiger partial charge in [0, 0.05) is 30.4 Å². The molecule has 0 aliphatic carbocycles. The van der Waals surface area contributed by atoms with Crippen molar-refractivity contribution >= 4 is 34.9 Å². The van der Waals surface area contributed by atoms with E-state index in [0.29, 0.717) is 17.9 Å². The van der Waals surface area contributed by atoms with E-state index in [1.54, 1.807) is 24.3 Å². The molecule has 222 valence electrons. The largest absolute Gasteiger partial charge is 0.489 e. The van der Waals surface area contributed by atoms with Crippen LogP contribution in [0.3, 0.4) is 0 Å². The number of esters is 3. The van der Waals surface area contributed by atoms with Gasteiger partial charge in [-0.1, -0.05) is 30.3 Å². The fourth-order valence-electron chi connectivity index (χ4n) is 4.60. The summed E-state index contributed by atoms with van der Waals surface area (Å²) in [5.74, 6) is -2.72. The van der Waals surface area contributed by atoms with Crippen LogP contribution in [0.4, 0.5) is 0 Å². The normalized spacial score (nSPS) is 20.4. The Morgan fingerprint density at radius 3 is 2.33 bits per heavy atom. The SMILES string of the molecule is [2H]CC(=O)OC[C@H]1OC(n2cnc3c(C(=O)c4ccc(OCc5ccccc5)cc4)ncnc32)[C@H](OC(=O)C[2H])[C@@H]1OC(=O)C[2H]. The minimum atomic E-state index is -1.39. The Morgan fingerprint density at radius 2 is 1.60 bits per heavy atom. The summed E-state index contributed by atoms with van der Waals surface area (Å²) in [4.78, 5) is 62.3. The molecule has 0 N–H and O–H groups in total. The molecule has 4 aromatic rings. The van der Waals surface area contributed by atoms with Gasteiger partial charge >= 0.3 is 17.9 Å². The van der Waals surface area contributed by atoms with E-state index in [1.807, 2.05) is 30.3 Å². The maximum Gasteiger partial charge on any atom is 0.303 e. The minimum Gasteiger partial charge on any atom is -0.489 e. The number of rotatable bonds is 10. The number of nitrogens with zero attached hydrogens (tertiary/aromatic N) is 4. The summed E-state index contributed by atoms with van der Waals surface area (Å²) in [5.41, 5.74) is 1.46. The lowest BCUT2D eigenvalue weighted by Gasteiger charge is -2.23. The number of imidazole rings is 1. The number of benzene rings is 2. The molecule has 4 atom stereocenters. The van der Waals surface area contributed by atoms with Crippen molar-refractivity contribution in [2.75, 3.05) is 6.61 Å². The predicted octanol–water partition coefficient (Wildman–Crippen LogP) is 2.96. The maximum absolute atomic E-state index is 13.5. The quantitative estimate of drug-likeness (QED) is 0.151. The molecule has 0 spiro atoms. The molecule has 13 heteroatoms. The molecule has 0 radical (unpaired) electrons. The molecule has 5 rings (SSSR count). The van der Waals surface area contributed by atoms with Crippen LogP contribution in [0.5, 0.6) is 5.75 Å². The summed E-state index contributed by atoms with van der Waals surface area (Å²) in [6.45, 7) is -2.31. The fourth-order valence-corrected chi connectivity index (χ4v) is 4.60. The third-order valence-electron chi connectivity index (χ3n) is 6.44. The third-order valence-corrected chi connectivity index (χ3v) is 6.44. The average Bonchev–Trinajstić information content (AvgIpc) is 3.67. The van der Waals surface area contributed by atoms with E-state index in [1.165, 1.54) is 10.9 Å². The van der Waals surface area contributed by atoms with Gasteiger partial charge in [-0.25, -0.2) is 15.0 Å². The first-order valence-corrected chi connectivity index (χ1v) is 12.9. The fraction of sp³-hybridized carbons (Fsp3) is 0.300. The van der Waals surface area contributed by atoms with Gasteiger partial charge in [0.15, 0.2) is 24.1 Å². The highest BCUT2D eigenvalue weighted by Gasteiger charge is 2.51. The van der Waals surface area contributed by atoms with Crippen LogP contribution in [0.15, 0.2) is 67.3 Å². The Labute approximate surface area is 249 Å². The molecule has 0 bridgehead atoms. The van der Waals surface area contributed by atoms with Gasteiger partial charge in [-0.15, -0.1) is 0 Å². The number of hydrogen-bond acceptors (Lipinski definition) is 12. The standard InChI is InChI=1S/C30H28N4O9/c1-17(35)39-14-23-27(41-18(2)36)28(42-19(3)37)30(43-23)34-16-33-25-24(31-15-32-29(25)34)26(38)21-9-11-22(12-10-21)40-13-20-7-5-4-6-8-20/h4-12,15-16,23,27-28,30H,13-14H2,1-3H3/t23-,27-,28-,30?/m1/s1/i1D,2D,3D. The predicted molar refractivity (Wildman–Crippen MR) is 148 cm³/mol. The van der Waals surface area contributed by atoms with Crippen molar-refractivity contribution in [2.45, 2.75) is 51.8 Å². The van der Waals surface area contributed by atoms with Crippen molar-refractivity contribution in [3.8, 4) is 5.75 Å². The molecule has 3 heterocycles. The Kier molecular flexibility index (Phi) is 7.59. The van der Waals surface area contributed by atoms with Crippen molar-refractivity contribution in [2.24, 2.45) is 0 Å². The average molecular weight is 592 g/mol. The topological polar surface area (TPSA) is 158 Å². The Morgan fingerprint density at radius 1 is 0.884 bits per heavy atom. The van der Waals surface area contributed by atoms with Gasteiger partial charge in [-0.05, 0) is 29.8 Å². The first-order valence-electron chi connectivity index (χ1n) is 15.0. The zero-order valence-electron chi connectivity index (χ0n) is 25.7. The van der Waals surface area contributed by atoms with Crippen LogP contribution in [-0.4, -0.2) is 68.1 Å². The maximum atomic E-state index is 13.5. The molecule has 1 unspecified atom stereocenters. The first-order chi connectivity index (χ1) is 22.3. The summed E-state index contributed by atoms with van der Waals surface area (Å²) in [6, 6.07) is 16.1. The second kappa shape index (κ2) is 12.8. The number of carbonyl (C=O) groups is 4. The number of hydrogen-bond donors (Lipinski definition) is 0. The molecule has 1 aliphatic heterocycles. The van der Waals surface area contributed by atoms with Gasteiger partial charge in [-0.3, -0.25) is 23.7 Å². The molecule has 43 heavy (non-hydrogen) atoms. The van der Waals surface area contributed by atoms with E-state index in [0.717, 1.165) is 11.9 Å². The molecule has 1 aliphatic rings. The Hall–Kier alpha value is -5.17. The molecular formula is C30H28N4O9. The summed E-state index contributed by atoms with van der Waals surface area (Å²) in [5, 5.41) is 0. The number of aromatic nitrogens is 4. The Balaban J connectivity index is 1.42. The van der Waals surface area contributed by atoms with Gasteiger partial charge in [0.25, 0.3) is 0 Å². The van der Waals surface area contributed by atoms with E-state index >= 15 is 0 Å². The van der Waals surface area contributed by atoms with E-state index in [2.05, 4.69) is 15.0 Å². The first kappa shape index (κ1) is 25.5. The number of ketones is 1. The molecule has 1 saturated heterocycles. The van der Waals surface area contributed by atoms with Gasteiger partial charge in [-0.2, -0.15) is 0 Å². The number of fused-ring (bicyclic) bond motifs is 1. The highest BCUT2D eigenvalue weighted by Crippen LogP contribution is 2.36. The van der Waals surface area contributed by atoms with Crippen LogP contribution in [0.25, 0.3) is 11.2 Å². The highest BCUT2D eigenvalue weighted by atomic mass is 16.7. The van der Waals surface area contributed by atoms with Gasteiger partial charge in [0.1, 0.15) is 42.6 Å². The van der Waals surface area contributed by atoms with Crippen LogP contribution in [-0.2, 0) is 39.9 Å². The van der Waals surface area contributed by atoms with Crippen LogP contribution in [0.2, 0.25) is 0 Å². The van der Waals surface area contributed by atoms with Crippen molar-refractivity contribution in [3.05, 3.63) is 84.1 Å². The van der Waals surface area contributed by atoms with Crippen molar-refractivity contribution in [1.82, 2.24) is 19.5 Å². The van der Waals surface area contributed by atoms with Crippen molar-refractivity contribution in [3.63, 3.8) is 0 Å².